The first-order valence-corrected chi connectivity index (χ1v) is 6.51. The molecule has 0 atom stereocenters. The molecule has 0 bridgehead atoms. The van der Waals surface area contributed by atoms with Gasteiger partial charge in [-0.25, -0.2) is 4.39 Å². The highest BCUT2D eigenvalue weighted by Gasteiger charge is 2.12. The van der Waals surface area contributed by atoms with E-state index >= 15 is 0 Å². The van der Waals surface area contributed by atoms with E-state index < -0.39 is 11.6 Å². The highest BCUT2D eigenvalue weighted by atomic mass is 79.9. The van der Waals surface area contributed by atoms with Crippen molar-refractivity contribution in [3.63, 3.8) is 0 Å². The molecule has 100 valence electrons. The maximum Gasteiger partial charge on any atom is 0.201 e. The van der Waals surface area contributed by atoms with E-state index in [9.17, 15) is 8.78 Å². The van der Waals surface area contributed by atoms with Crippen LogP contribution in [0.3, 0.4) is 0 Å². The Bertz CT molecular complexity index is 590. The minimum Gasteiger partial charge on any atom is -0.454 e. The van der Waals surface area contributed by atoms with Crippen LogP contribution in [-0.2, 0) is 6.42 Å². The normalized spacial score (nSPS) is 10.5. The van der Waals surface area contributed by atoms with Gasteiger partial charge in [-0.15, -0.1) is 0 Å². The summed E-state index contributed by atoms with van der Waals surface area (Å²) in [6.07, 6.45) is 0.589. The Balaban J connectivity index is 2.35. The second-order valence-corrected chi connectivity index (χ2v) is 4.86. The van der Waals surface area contributed by atoms with E-state index in [2.05, 4.69) is 15.9 Å². The Morgan fingerprint density at radius 1 is 1.11 bits per heavy atom. The minimum absolute atomic E-state index is 0.138. The maximum absolute atomic E-state index is 13.6. The van der Waals surface area contributed by atoms with E-state index in [-0.39, 0.29) is 5.75 Å². The quantitative estimate of drug-likeness (QED) is 0.920. The first kappa shape index (κ1) is 14.0. The van der Waals surface area contributed by atoms with Crippen LogP contribution in [0.15, 0.2) is 40.9 Å². The van der Waals surface area contributed by atoms with Crippen LogP contribution in [0.25, 0.3) is 0 Å². The molecule has 2 N–H and O–H groups in total. The predicted molar refractivity (Wildman–Crippen MR) is 73.3 cm³/mol. The molecule has 2 rings (SSSR count). The van der Waals surface area contributed by atoms with Gasteiger partial charge in [0.2, 0.25) is 5.82 Å². The lowest BCUT2D eigenvalue weighted by molar-refractivity contribution is 0.413. The third-order valence-electron chi connectivity index (χ3n) is 2.57. The van der Waals surface area contributed by atoms with Crippen molar-refractivity contribution < 1.29 is 13.5 Å². The molecule has 0 radical (unpaired) electrons. The van der Waals surface area contributed by atoms with Gasteiger partial charge < -0.3 is 10.5 Å². The molecule has 0 unspecified atom stereocenters. The lowest BCUT2D eigenvalue weighted by Gasteiger charge is -2.12. The van der Waals surface area contributed by atoms with Crippen molar-refractivity contribution in [2.75, 3.05) is 6.54 Å². The van der Waals surface area contributed by atoms with Gasteiger partial charge in [-0.05, 0) is 48.9 Å². The Hall–Kier alpha value is -1.46. The Kier molecular flexibility index (Phi) is 4.50. The number of hydrogen-bond donors (Lipinski definition) is 1. The van der Waals surface area contributed by atoms with E-state index in [0.29, 0.717) is 18.7 Å². The van der Waals surface area contributed by atoms with Crippen LogP contribution in [0.4, 0.5) is 8.78 Å². The van der Waals surface area contributed by atoms with Gasteiger partial charge in [0.1, 0.15) is 5.75 Å². The van der Waals surface area contributed by atoms with E-state index in [4.69, 9.17) is 10.5 Å². The molecule has 0 spiro atoms. The molecule has 0 saturated carbocycles. The zero-order chi connectivity index (χ0) is 13.8. The van der Waals surface area contributed by atoms with Crippen LogP contribution in [0, 0.1) is 11.6 Å². The molecular formula is C14H12BrF2NO. The molecule has 2 nitrogen and oxygen atoms in total. The van der Waals surface area contributed by atoms with Crippen LogP contribution in [0.1, 0.15) is 5.56 Å². The molecule has 2 aromatic rings. The molecule has 0 amide bonds. The van der Waals surface area contributed by atoms with Crippen LogP contribution < -0.4 is 10.5 Å². The summed E-state index contributed by atoms with van der Waals surface area (Å²) in [7, 11) is 0. The summed E-state index contributed by atoms with van der Waals surface area (Å²) in [5, 5.41) is 0. The fourth-order valence-electron chi connectivity index (χ4n) is 1.68. The minimum atomic E-state index is -0.996. The summed E-state index contributed by atoms with van der Waals surface area (Å²) < 4.78 is 33.0. The maximum atomic E-state index is 13.6. The largest absolute Gasteiger partial charge is 0.454 e. The Morgan fingerprint density at radius 3 is 2.63 bits per heavy atom. The van der Waals surface area contributed by atoms with Crippen LogP contribution in [0.2, 0.25) is 0 Å². The average molecular weight is 328 g/mol. The number of rotatable bonds is 4. The summed E-state index contributed by atoms with van der Waals surface area (Å²) >= 11 is 3.35. The van der Waals surface area contributed by atoms with Gasteiger partial charge >= 0.3 is 0 Å². The summed E-state index contributed by atoms with van der Waals surface area (Å²) in [6.45, 7) is 0.443. The summed E-state index contributed by atoms with van der Waals surface area (Å²) in [5.41, 5.74) is 6.36. The van der Waals surface area contributed by atoms with Crippen molar-refractivity contribution in [2.24, 2.45) is 5.73 Å². The predicted octanol–water partition coefficient (Wildman–Crippen LogP) is 4.02. The van der Waals surface area contributed by atoms with Gasteiger partial charge in [-0.2, -0.15) is 4.39 Å². The average Bonchev–Trinajstić information content (AvgIpc) is 2.38. The van der Waals surface area contributed by atoms with Crippen molar-refractivity contribution in [2.45, 2.75) is 6.42 Å². The molecule has 2 aromatic carbocycles. The van der Waals surface area contributed by atoms with Crippen LogP contribution >= 0.6 is 15.9 Å². The lowest BCUT2D eigenvalue weighted by Crippen LogP contribution is -2.04. The third-order valence-corrected chi connectivity index (χ3v) is 3.07. The van der Waals surface area contributed by atoms with Crippen molar-refractivity contribution in [3.05, 3.63) is 58.1 Å². The molecule has 0 saturated heterocycles. The molecule has 19 heavy (non-hydrogen) atoms. The fraction of sp³-hybridized carbons (Fsp3) is 0.143. The van der Waals surface area contributed by atoms with Gasteiger partial charge in [0, 0.05) is 4.47 Å². The van der Waals surface area contributed by atoms with E-state index in [1.165, 1.54) is 12.1 Å². The number of ether oxygens (including phenoxy) is 1. The number of hydrogen-bond acceptors (Lipinski definition) is 2. The monoisotopic (exact) mass is 327 g/mol. The third kappa shape index (κ3) is 3.30. The van der Waals surface area contributed by atoms with Gasteiger partial charge in [0.25, 0.3) is 0 Å². The topological polar surface area (TPSA) is 35.2 Å². The molecular weight excluding hydrogens is 316 g/mol. The van der Waals surface area contributed by atoms with Gasteiger partial charge in [0.15, 0.2) is 11.6 Å². The lowest BCUT2D eigenvalue weighted by atomic mass is 10.1. The standard InChI is InChI=1S/C14H12BrF2NO/c15-10-4-5-12(9(8-10)6-7-18)19-13-3-1-2-11(16)14(13)17/h1-5,8H,6-7,18H2. The second-order valence-electron chi connectivity index (χ2n) is 3.94. The number of benzene rings is 2. The molecule has 0 aliphatic heterocycles. The number of halogens is 3. The van der Waals surface area contributed by atoms with E-state index in [1.54, 1.807) is 12.1 Å². The Labute approximate surface area is 118 Å². The number of nitrogens with two attached hydrogens (primary N) is 1. The summed E-state index contributed by atoms with van der Waals surface area (Å²) in [4.78, 5) is 0. The van der Waals surface area contributed by atoms with Gasteiger partial charge in [-0.3, -0.25) is 0 Å². The van der Waals surface area contributed by atoms with Crippen LogP contribution in [0.5, 0.6) is 11.5 Å². The van der Waals surface area contributed by atoms with Crippen molar-refractivity contribution >= 4 is 15.9 Å². The first-order chi connectivity index (χ1) is 9.11. The summed E-state index contributed by atoms with van der Waals surface area (Å²) in [5.74, 6) is -1.60. The smallest absolute Gasteiger partial charge is 0.201 e. The molecule has 5 heteroatoms. The van der Waals surface area contributed by atoms with Crippen LogP contribution in [-0.4, -0.2) is 6.54 Å². The molecule has 0 aliphatic rings. The second kappa shape index (κ2) is 6.12. The highest BCUT2D eigenvalue weighted by molar-refractivity contribution is 9.10. The first-order valence-electron chi connectivity index (χ1n) is 5.72. The molecule has 0 aliphatic carbocycles. The van der Waals surface area contributed by atoms with Crippen molar-refractivity contribution in [1.29, 1.82) is 0 Å². The summed E-state index contributed by atoms with van der Waals surface area (Å²) in [6, 6.07) is 9.14. The molecule has 0 heterocycles. The van der Waals surface area contributed by atoms with Crippen molar-refractivity contribution in [3.8, 4) is 11.5 Å². The Morgan fingerprint density at radius 2 is 1.89 bits per heavy atom. The van der Waals surface area contributed by atoms with Crippen molar-refractivity contribution in [1.82, 2.24) is 0 Å². The van der Waals surface area contributed by atoms with E-state index in [1.807, 2.05) is 6.07 Å². The molecule has 0 fully saturated rings. The zero-order valence-electron chi connectivity index (χ0n) is 10.00. The van der Waals surface area contributed by atoms with E-state index in [0.717, 1.165) is 16.1 Å². The SMILES string of the molecule is NCCc1cc(Br)ccc1Oc1cccc(F)c1F. The molecule has 0 aromatic heterocycles. The van der Waals surface area contributed by atoms with Gasteiger partial charge in [-0.1, -0.05) is 22.0 Å². The highest BCUT2D eigenvalue weighted by Crippen LogP contribution is 2.30. The fourth-order valence-corrected chi connectivity index (χ4v) is 2.09. The zero-order valence-corrected chi connectivity index (χ0v) is 11.6. The van der Waals surface area contributed by atoms with Gasteiger partial charge in [0.05, 0.1) is 0 Å².